The molecule has 1 N–H and O–H groups in total. The Bertz CT molecular complexity index is 1580. The van der Waals surface area contributed by atoms with Crippen molar-refractivity contribution >= 4 is 50.5 Å². The maximum Gasteiger partial charge on any atom is 0.341 e. The standard InChI is InChI=1S/C26H26N8O3S/c1-3-36-24(35)17-10-27-25(28-11-17)33(2)13-18-9-21-23(38-18)12-29-26(32-21)34-6-7-37-22(14-34)16-4-5-19-20(8-16)31-15-30-19/h4-5,8-12,15,22H,3,6-7,13-14H2,1-2H3,(H,30,31). The van der Waals surface area contributed by atoms with Gasteiger partial charge in [0.2, 0.25) is 11.9 Å². The molecule has 1 fully saturated rings. The number of carbonyl (C=O) groups excluding carboxylic acids is 1. The second-order valence-corrected chi connectivity index (χ2v) is 10.1. The number of morpholine rings is 1. The fourth-order valence-corrected chi connectivity index (χ4v) is 5.46. The Morgan fingerprint density at radius 1 is 1.18 bits per heavy atom. The molecule has 0 amide bonds. The third kappa shape index (κ3) is 4.87. The average molecular weight is 531 g/mol. The van der Waals surface area contributed by atoms with Gasteiger partial charge in [-0.1, -0.05) is 6.07 Å². The van der Waals surface area contributed by atoms with Gasteiger partial charge in [-0.3, -0.25) is 0 Å². The van der Waals surface area contributed by atoms with Gasteiger partial charge in [0.05, 0.1) is 65.6 Å². The number of thiophene rings is 1. The van der Waals surface area contributed by atoms with Crippen LogP contribution >= 0.6 is 11.3 Å². The fourth-order valence-electron chi connectivity index (χ4n) is 4.43. The van der Waals surface area contributed by atoms with Gasteiger partial charge in [0.25, 0.3) is 0 Å². The van der Waals surface area contributed by atoms with Crippen molar-refractivity contribution < 1.29 is 14.3 Å². The lowest BCUT2D eigenvalue weighted by Gasteiger charge is -2.33. The van der Waals surface area contributed by atoms with Gasteiger partial charge in [-0.25, -0.2) is 29.7 Å². The Kier molecular flexibility index (Phi) is 6.56. The zero-order chi connectivity index (χ0) is 26.1. The third-order valence-corrected chi connectivity index (χ3v) is 7.40. The predicted molar refractivity (Wildman–Crippen MR) is 145 cm³/mol. The maximum atomic E-state index is 11.8. The molecule has 0 aliphatic carbocycles. The SMILES string of the molecule is CCOC(=O)c1cnc(N(C)Cc2cc3nc(N4CCOC(c5ccc6[nH]cnc6c5)C4)ncc3s2)nc1. The quantitative estimate of drug-likeness (QED) is 0.311. The van der Waals surface area contributed by atoms with Crippen molar-refractivity contribution in [2.45, 2.75) is 19.6 Å². The zero-order valence-corrected chi connectivity index (χ0v) is 21.8. The second-order valence-electron chi connectivity index (χ2n) is 8.97. The zero-order valence-electron chi connectivity index (χ0n) is 21.0. The van der Waals surface area contributed by atoms with Crippen LogP contribution in [0.25, 0.3) is 21.3 Å². The molecule has 11 nitrogen and oxygen atoms in total. The molecule has 0 bridgehead atoms. The van der Waals surface area contributed by atoms with Crippen molar-refractivity contribution in [2.75, 3.05) is 43.2 Å². The number of benzene rings is 1. The highest BCUT2D eigenvalue weighted by Crippen LogP contribution is 2.29. The summed E-state index contributed by atoms with van der Waals surface area (Å²) in [6.07, 6.45) is 6.49. The van der Waals surface area contributed by atoms with E-state index in [-0.39, 0.29) is 6.10 Å². The molecule has 1 saturated heterocycles. The summed E-state index contributed by atoms with van der Waals surface area (Å²) in [6.45, 7) is 4.67. The van der Waals surface area contributed by atoms with Crippen LogP contribution < -0.4 is 9.80 Å². The highest BCUT2D eigenvalue weighted by Gasteiger charge is 2.24. The number of carbonyl (C=O) groups is 1. The summed E-state index contributed by atoms with van der Waals surface area (Å²) in [5.41, 5.74) is 4.27. The van der Waals surface area contributed by atoms with Crippen LogP contribution in [0.4, 0.5) is 11.9 Å². The molecule has 6 rings (SSSR count). The Hall–Kier alpha value is -4.16. The molecule has 194 valence electrons. The average Bonchev–Trinajstić information content (AvgIpc) is 3.59. The third-order valence-electron chi connectivity index (χ3n) is 6.36. The lowest BCUT2D eigenvalue weighted by molar-refractivity contribution is 0.0393. The van der Waals surface area contributed by atoms with E-state index in [0.29, 0.717) is 43.8 Å². The molecule has 5 aromatic rings. The number of anilines is 2. The molecule has 1 aliphatic heterocycles. The fraction of sp³-hybridized carbons (Fsp3) is 0.308. The lowest BCUT2D eigenvalue weighted by Crippen LogP contribution is -2.39. The van der Waals surface area contributed by atoms with Crippen LogP contribution in [0.15, 0.2) is 49.2 Å². The highest BCUT2D eigenvalue weighted by atomic mass is 32.1. The smallest absolute Gasteiger partial charge is 0.341 e. The highest BCUT2D eigenvalue weighted by molar-refractivity contribution is 7.19. The first kappa shape index (κ1) is 24.2. The second kappa shape index (κ2) is 10.3. The summed E-state index contributed by atoms with van der Waals surface area (Å²) < 4.78 is 12.1. The number of aromatic nitrogens is 6. The Balaban J connectivity index is 1.15. The number of rotatable bonds is 7. The number of fused-ring (bicyclic) bond motifs is 2. The minimum absolute atomic E-state index is 0.0777. The van der Waals surface area contributed by atoms with Crippen molar-refractivity contribution in [3.05, 3.63) is 65.2 Å². The number of hydrogen-bond acceptors (Lipinski definition) is 11. The molecule has 4 aromatic heterocycles. The van der Waals surface area contributed by atoms with Crippen molar-refractivity contribution in [1.29, 1.82) is 0 Å². The van der Waals surface area contributed by atoms with Gasteiger partial charge in [-0.2, -0.15) is 0 Å². The molecule has 0 spiro atoms. The lowest BCUT2D eigenvalue weighted by atomic mass is 10.1. The Labute approximate surface area is 222 Å². The molecular formula is C26H26N8O3S. The molecule has 0 saturated carbocycles. The molecule has 12 heteroatoms. The molecule has 1 unspecified atom stereocenters. The number of nitrogens with zero attached hydrogens (tertiary/aromatic N) is 7. The molecule has 0 radical (unpaired) electrons. The van der Waals surface area contributed by atoms with Crippen LogP contribution in [0.2, 0.25) is 0 Å². The van der Waals surface area contributed by atoms with Crippen LogP contribution in [0.3, 0.4) is 0 Å². The van der Waals surface area contributed by atoms with E-state index in [0.717, 1.165) is 38.2 Å². The van der Waals surface area contributed by atoms with E-state index in [1.807, 2.05) is 24.2 Å². The summed E-state index contributed by atoms with van der Waals surface area (Å²) in [7, 11) is 1.91. The maximum absolute atomic E-state index is 11.8. The van der Waals surface area contributed by atoms with Crippen molar-refractivity contribution in [3.63, 3.8) is 0 Å². The summed E-state index contributed by atoms with van der Waals surface area (Å²) in [5.74, 6) is 0.794. The molecule has 1 aromatic carbocycles. The van der Waals surface area contributed by atoms with E-state index in [4.69, 9.17) is 14.5 Å². The van der Waals surface area contributed by atoms with E-state index in [9.17, 15) is 4.79 Å². The van der Waals surface area contributed by atoms with Crippen LogP contribution in [0, 0.1) is 0 Å². The first-order valence-electron chi connectivity index (χ1n) is 12.3. The number of hydrogen-bond donors (Lipinski definition) is 1. The summed E-state index contributed by atoms with van der Waals surface area (Å²) in [5, 5.41) is 0. The van der Waals surface area contributed by atoms with Gasteiger partial charge in [0, 0.05) is 30.9 Å². The van der Waals surface area contributed by atoms with Gasteiger partial charge >= 0.3 is 5.97 Å². The minimum atomic E-state index is -0.425. The van der Waals surface area contributed by atoms with Crippen molar-refractivity contribution in [3.8, 4) is 0 Å². The van der Waals surface area contributed by atoms with Crippen LogP contribution in [-0.2, 0) is 16.0 Å². The number of H-pyrrole nitrogens is 1. The first-order chi connectivity index (χ1) is 18.6. The van der Waals surface area contributed by atoms with E-state index in [2.05, 4.69) is 48.0 Å². The van der Waals surface area contributed by atoms with E-state index in [1.54, 1.807) is 24.6 Å². The van der Waals surface area contributed by atoms with Crippen molar-refractivity contribution in [2.24, 2.45) is 0 Å². The van der Waals surface area contributed by atoms with Crippen molar-refractivity contribution in [1.82, 2.24) is 29.9 Å². The van der Waals surface area contributed by atoms with Crippen LogP contribution in [-0.4, -0.2) is 69.2 Å². The summed E-state index contributed by atoms with van der Waals surface area (Å²) in [6, 6.07) is 8.26. The topological polar surface area (TPSA) is 122 Å². The number of aromatic amines is 1. The monoisotopic (exact) mass is 530 g/mol. The van der Waals surface area contributed by atoms with E-state index < -0.39 is 5.97 Å². The van der Waals surface area contributed by atoms with Gasteiger partial charge in [-0.05, 0) is 30.7 Å². The molecule has 38 heavy (non-hydrogen) atoms. The van der Waals surface area contributed by atoms with Crippen LogP contribution in [0.5, 0.6) is 0 Å². The first-order valence-corrected chi connectivity index (χ1v) is 13.1. The van der Waals surface area contributed by atoms with Gasteiger partial charge in [-0.15, -0.1) is 11.3 Å². The largest absolute Gasteiger partial charge is 0.462 e. The molecule has 1 aliphatic rings. The normalized spacial score (nSPS) is 15.7. The van der Waals surface area contributed by atoms with Gasteiger partial charge in [0.15, 0.2) is 0 Å². The number of nitrogens with one attached hydrogen (secondary N) is 1. The predicted octanol–water partition coefficient (Wildman–Crippen LogP) is 3.75. The number of ether oxygens (including phenoxy) is 2. The Morgan fingerprint density at radius 2 is 2.05 bits per heavy atom. The molecule has 1 atom stereocenters. The Morgan fingerprint density at radius 3 is 2.89 bits per heavy atom. The van der Waals surface area contributed by atoms with Gasteiger partial charge in [0.1, 0.15) is 6.10 Å². The summed E-state index contributed by atoms with van der Waals surface area (Å²) in [4.78, 5) is 42.7. The minimum Gasteiger partial charge on any atom is -0.462 e. The molecule has 5 heterocycles. The molecular weight excluding hydrogens is 504 g/mol. The van der Waals surface area contributed by atoms with Crippen LogP contribution in [0.1, 0.15) is 33.8 Å². The number of imidazole rings is 1. The van der Waals surface area contributed by atoms with E-state index >= 15 is 0 Å². The van der Waals surface area contributed by atoms with Gasteiger partial charge < -0.3 is 24.3 Å². The van der Waals surface area contributed by atoms with E-state index in [1.165, 1.54) is 12.4 Å². The number of esters is 1. The summed E-state index contributed by atoms with van der Waals surface area (Å²) >= 11 is 1.64.